The summed E-state index contributed by atoms with van der Waals surface area (Å²) < 4.78 is 5.71. The zero-order valence-electron chi connectivity index (χ0n) is 15.5. The minimum absolute atomic E-state index is 0.0565. The van der Waals surface area contributed by atoms with Gasteiger partial charge in [-0.3, -0.25) is 10.1 Å². The quantitative estimate of drug-likeness (QED) is 0.585. The summed E-state index contributed by atoms with van der Waals surface area (Å²) in [6.45, 7) is 5.46. The largest absolute Gasteiger partial charge is 0.378 e. The van der Waals surface area contributed by atoms with Gasteiger partial charge >= 0.3 is 5.69 Å². The highest BCUT2D eigenvalue weighted by molar-refractivity contribution is 5.71. The number of nitro groups is 1. The fourth-order valence-corrected chi connectivity index (χ4v) is 3.25. The summed E-state index contributed by atoms with van der Waals surface area (Å²) >= 11 is 0. The van der Waals surface area contributed by atoms with Crippen LogP contribution in [0, 0.1) is 10.1 Å². The van der Waals surface area contributed by atoms with Crippen LogP contribution in [0.25, 0.3) is 0 Å². The third-order valence-electron chi connectivity index (χ3n) is 4.33. The molecule has 0 aliphatic carbocycles. The molecule has 9 heteroatoms. The van der Waals surface area contributed by atoms with Gasteiger partial charge in [-0.05, 0) is 25.8 Å². The topological polar surface area (TPSA) is 119 Å². The van der Waals surface area contributed by atoms with Gasteiger partial charge < -0.3 is 20.7 Å². The number of morpholine rings is 1. The molecule has 2 unspecified atom stereocenters. The fourth-order valence-electron chi connectivity index (χ4n) is 3.25. The maximum atomic E-state index is 11.5. The number of hydrogen-bond donors (Lipinski definition) is 2. The van der Waals surface area contributed by atoms with E-state index in [1.807, 2.05) is 49.1 Å². The molecule has 0 saturated carbocycles. The first-order valence-corrected chi connectivity index (χ1v) is 8.94. The van der Waals surface area contributed by atoms with E-state index < -0.39 is 4.92 Å². The number of ether oxygens (including phenoxy) is 1. The van der Waals surface area contributed by atoms with E-state index in [9.17, 15) is 10.1 Å². The maximum absolute atomic E-state index is 11.5. The van der Waals surface area contributed by atoms with Crippen molar-refractivity contribution < 1.29 is 9.66 Å². The van der Waals surface area contributed by atoms with Gasteiger partial charge in [-0.2, -0.15) is 9.97 Å². The molecule has 3 N–H and O–H groups in total. The molecule has 3 rings (SSSR count). The van der Waals surface area contributed by atoms with Crippen LogP contribution < -0.4 is 16.0 Å². The Hall–Kier alpha value is -2.94. The molecule has 1 aliphatic heterocycles. The number of hydrogen-bond acceptors (Lipinski definition) is 8. The number of benzene rings is 1. The molecule has 144 valence electrons. The molecule has 1 aromatic heterocycles. The van der Waals surface area contributed by atoms with Gasteiger partial charge in [-0.15, -0.1) is 0 Å². The highest BCUT2D eigenvalue weighted by Gasteiger charge is 2.32. The van der Waals surface area contributed by atoms with Crippen molar-refractivity contribution in [2.24, 2.45) is 0 Å². The third kappa shape index (κ3) is 4.62. The smallest absolute Gasteiger partial charge is 0.353 e. The van der Waals surface area contributed by atoms with Crippen LogP contribution in [0.3, 0.4) is 0 Å². The molecule has 2 heterocycles. The van der Waals surface area contributed by atoms with Gasteiger partial charge in [0, 0.05) is 19.6 Å². The van der Waals surface area contributed by atoms with Gasteiger partial charge in [-0.25, -0.2) is 0 Å². The van der Waals surface area contributed by atoms with Crippen molar-refractivity contribution in [3.63, 3.8) is 0 Å². The van der Waals surface area contributed by atoms with Crippen molar-refractivity contribution >= 4 is 23.3 Å². The van der Waals surface area contributed by atoms with E-state index in [-0.39, 0.29) is 35.5 Å². The van der Waals surface area contributed by atoms with Gasteiger partial charge in [-0.1, -0.05) is 30.3 Å². The molecule has 0 amide bonds. The number of anilines is 3. The first kappa shape index (κ1) is 18.8. The normalized spacial score (nSPS) is 19.7. The predicted octanol–water partition coefficient (Wildman–Crippen LogP) is 2.24. The lowest BCUT2D eigenvalue weighted by Crippen LogP contribution is -2.46. The number of nitrogens with two attached hydrogens (primary N) is 1. The summed E-state index contributed by atoms with van der Waals surface area (Å²) in [4.78, 5) is 21.3. The van der Waals surface area contributed by atoms with Crippen molar-refractivity contribution in [3.8, 4) is 0 Å². The van der Waals surface area contributed by atoms with Crippen LogP contribution in [0.5, 0.6) is 0 Å². The monoisotopic (exact) mass is 372 g/mol. The van der Waals surface area contributed by atoms with E-state index in [0.29, 0.717) is 19.6 Å². The van der Waals surface area contributed by atoms with Crippen LogP contribution in [0.15, 0.2) is 30.3 Å². The second-order valence-corrected chi connectivity index (χ2v) is 6.69. The van der Waals surface area contributed by atoms with E-state index in [4.69, 9.17) is 10.5 Å². The summed E-state index contributed by atoms with van der Waals surface area (Å²) in [6.07, 6.45) is 0.667. The first-order chi connectivity index (χ1) is 12.9. The second kappa shape index (κ2) is 8.17. The first-order valence-electron chi connectivity index (χ1n) is 8.94. The molecule has 1 aromatic carbocycles. The Labute approximate surface area is 157 Å². The van der Waals surface area contributed by atoms with Crippen molar-refractivity contribution in [2.45, 2.75) is 32.5 Å². The summed E-state index contributed by atoms with van der Waals surface area (Å²) in [5.74, 6) is 0.381. The zero-order chi connectivity index (χ0) is 19.4. The minimum Gasteiger partial charge on any atom is -0.378 e. The number of nitrogens with one attached hydrogen (secondary N) is 1. The zero-order valence-corrected chi connectivity index (χ0v) is 15.5. The average Bonchev–Trinajstić information content (AvgIpc) is 2.61. The van der Waals surface area contributed by atoms with Gasteiger partial charge in [0.05, 0.1) is 17.1 Å². The van der Waals surface area contributed by atoms with Crippen LogP contribution in [-0.4, -0.2) is 46.7 Å². The molecule has 0 spiro atoms. The lowest BCUT2D eigenvalue weighted by molar-refractivity contribution is -0.383. The van der Waals surface area contributed by atoms with E-state index in [2.05, 4.69) is 15.3 Å². The molecule has 2 aromatic rings. The van der Waals surface area contributed by atoms with Crippen molar-refractivity contribution in [2.75, 3.05) is 35.6 Å². The SMILES string of the molecule is CC1CN(c2nc(NCCc3ccccc3)nc(N)c2[N+](=O)[O-])CC(C)O1. The molecule has 2 atom stereocenters. The Morgan fingerprint density at radius 2 is 1.93 bits per heavy atom. The molecular weight excluding hydrogens is 348 g/mol. The Kier molecular flexibility index (Phi) is 5.70. The van der Waals surface area contributed by atoms with Crippen molar-refractivity contribution in [3.05, 3.63) is 46.0 Å². The molecule has 1 saturated heterocycles. The molecule has 1 fully saturated rings. The van der Waals surface area contributed by atoms with Crippen LogP contribution in [-0.2, 0) is 11.2 Å². The van der Waals surface area contributed by atoms with E-state index in [0.717, 1.165) is 6.42 Å². The predicted molar refractivity (Wildman–Crippen MR) is 104 cm³/mol. The van der Waals surface area contributed by atoms with Gasteiger partial charge in [0.25, 0.3) is 0 Å². The molecule has 27 heavy (non-hydrogen) atoms. The summed E-state index contributed by atoms with van der Waals surface area (Å²) in [7, 11) is 0. The van der Waals surface area contributed by atoms with Crippen molar-refractivity contribution in [1.29, 1.82) is 0 Å². The third-order valence-corrected chi connectivity index (χ3v) is 4.33. The van der Waals surface area contributed by atoms with E-state index in [1.165, 1.54) is 5.56 Å². The minimum atomic E-state index is -0.525. The second-order valence-electron chi connectivity index (χ2n) is 6.69. The Morgan fingerprint density at radius 1 is 1.26 bits per heavy atom. The number of aromatic nitrogens is 2. The highest BCUT2D eigenvalue weighted by Crippen LogP contribution is 2.33. The van der Waals surface area contributed by atoms with Crippen LogP contribution in [0.2, 0.25) is 0 Å². The summed E-state index contributed by atoms with van der Waals surface area (Å²) in [5, 5.41) is 14.6. The lowest BCUT2D eigenvalue weighted by Gasteiger charge is -2.35. The number of rotatable bonds is 6. The summed E-state index contributed by atoms with van der Waals surface area (Å²) in [6, 6.07) is 10.0. The van der Waals surface area contributed by atoms with E-state index >= 15 is 0 Å². The lowest BCUT2D eigenvalue weighted by atomic mass is 10.1. The van der Waals surface area contributed by atoms with Gasteiger partial charge in [0.1, 0.15) is 0 Å². The summed E-state index contributed by atoms with van der Waals surface area (Å²) in [5.41, 5.74) is 6.81. The van der Waals surface area contributed by atoms with Crippen LogP contribution in [0.4, 0.5) is 23.3 Å². The molecule has 9 nitrogen and oxygen atoms in total. The van der Waals surface area contributed by atoms with Gasteiger partial charge in [0.15, 0.2) is 0 Å². The number of nitrogen functional groups attached to an aromatic ring is 1. The maximum Gasteiger partial charge on any atom is 0.353 e. The van der Waals surface area contributed by atoms with Crippen LogP contribution in [0.1, 0.15) is 19.4 Å². The highest BCUT2D eigenvalue weighted by atomic mass is 16.6. The molecule has 0 bridgehead atoms. The molecule has 0 radical (unpaired) electrons. The van der Waals surface area contributed by atoms with Crippen molar-refractivity contribution in [1.82, 2.24) is 9.97 Å². The van der Waals surface area contributed by atoms with E-state index in [1.54, 1.807) is 0 Å². The molecule has 1 aliphatic rings. The average molecular weight is 372 g/mol. The Balaban J connectivity index is 1.81. The Morgan fingerprint density at radius 3 is 2.56 bits per heavy atom. The van der Waals surface area contributed by atoms with Gasteiger partial charge in [0.2, 0.25) is 17.6 Å². The standard InChI is InChI=1S/C18H24N6O3/c1-12-10-23(11-13(2)27-12)17-15(24(25)26)16(19)21-18(22-17)20-9-8-14-6-4-3-5-7-14/h3-7,12-13H,8-11H2,1-2H3,(H3,19,20,21,22). The molecular formula is C18H24N6O3. The number of nitrogens with zero attached hydrogens (tertiary/aromatic N) is 4. The Bertz CT molecular complexity index is 791. The fraction of sp³-hybridized carbons (Fsp3) is 0.444. The van der Waals surface area contributed by atoms with Crippen LogP contribution >= 0.6 is 0 Å².